The lowest BCUT2D eigenvalue weighted by atomic mass is 9.98. The zero-order valence-corrected chi connectivity index (χ0v) is 11.3. The fourth-order valence-corrected chi connectivity index (χ4v) is 3.29. The Morgan fingerprint density at radius 1 is 1.05 bits per heavy atom. The predicted octanol–water partition coefficient (Wildman–Crippen LogP) is 3.73. The average Bonchev–Trinajstić information content (AvgIpc) is 2.86. The van der Waals surface area contributed by atoms with Crippen molar-refractivity contribution in [2.24, 2.45) is 5.84 Å². The van der Waals surface area contributed by atoms with Crippen molar-refractivity contribution < 1.29 is 8.78 Å². The predicted molar refractivity (Wildman–Crippen MR) is 77.3 cm³/mol. The van der Waals surface area contributed by atoms with Crippen LogP contribution in [0, 0.1) is 11.6 Å². The van der Waals surface area contributed by atoms with E-state index in [1.165, 1.54) is 12.1 Å². The summed E-state index contributed by atoms with van der Waals surface area (Å²) < 4.78 is 28.1. The number of nitrogens with one attached hydrogen (secondary N) is 1. The highest BCUT2D eigenvalue weighted by atomic mass is 32.1. The molecule has 0 amide bonds. The van der Waals surface area contributed by atoms with Gasteiger partial charge in [-0.2, -0.15) is 0 Å². The van der Waals surface area contributed by atoms with Gasteiger partial charge in [0.1, 0.15) is 11.6 Å². The topological polar surface area (TPSA) is 38.0 Å². The van der Waals surface area contributed by atoms with Crippen molar-refractivity contribution in [2.45, 2.75) is 6.04 Å². The van der Waals surface area contributed by atoms with Crippen LogP contribution in [0.1, 0.15) is 17.2 Å². The second-order valence-corrected chi connectivity index (χ2v) is 5.36. The molecule has 5 heteroatoms. The molecule has 0 aliphatic rings. The molecule has 3 aromatic rings. The minimum Gasteiger partial charge on any atom is -0.271 e. The maximum atomic E-state index is 13.9. The van der Waals surface area contributed by atoms with Crippen LogP contribution < -0.4 is 11.3 Å². The normalized spacial score (nSPS) is 12.8. The second kappa shape index (κ2) is 5.28. The van der Waals surface area contributed by atoms with Crippen LogP contribution in [-0.2, 0) is 0 Å². The van der Waals surface area contributed by atoms with Gasteiger partial charge in [0.2, 0.25) is 0 Å². The van der Waals surface area contributed by atoms with Crippen LogP contribution in [0.2, 0.25) is 0 Å². The van der Waals surface area contributed by atoms with Gasteiger partial charge in [0, 0.05) is 16.3 Å². The van der Waals surface area contributed by atoms with Crippen LogP contribution in [0.4, 0.5) is 8.78 Å². The van der Waals surface area contributed by atoms with E-state index in [9.17, 15) is 8.78 Å². The third-order valence-electron chi connectivity index (χ3n) is 3.26. The summed E-state index contributed by atoms with van der Waals surface area (Å²) >= 11 is 1.57. The first-order valence-corrected chi connectivity index (χ1v) is 6.96. The first kappa shape index (κ1) is 13.2. The van der Waals surface area contributed by atoms with Crippen LogP contribution in [-0.4, -0.2) is 0 Å². The molecule has 0 aliphatic carbocycles. The van der Waals surface area contributed by atoms with Crippen molar-refractivity contribution in [3.8, 4) is 0 Å². The number of halogens is 2. The van der Waals surface area contributed by atoms with Crippen LogP contribution in [0.15, 0.2) is 47.8 Å². The number of rotatable bonds is 3. The fourth-order valence-electron chi connectivity index (χ4n) is 2.30. The number of benzene rings is 2. The molecule has 20 heavy (non-hydrogen) atoms. The zero-order valence-electron chi connectivity index (χ0n) is 10.4. The lowest BCUT2D eigenvalue weighted by molar-refractivity contribution is 0.543. The molecule has 0 fully saturated rings. The van der Waals surface area contributed by atoms with E-state index in [0.29, 0.717) is 5.56 Å². The molecule has 0 saturated carbocycles. The molecular formula is C15H12F2N2S. The molecule has 1 aromatic heterocycles. The third kappa shape index (κ3) is 2.20. The van der Waals surface area contributed by atoms with Crippen LogP contribution in [0.5, 0.6) is 0 Å². The van der Waals surface area contributed by atoms with Gasteiger partial charge in [0.15, 0.2) is 0 Å². The minimum atomic E-state index is -0.608. The second-order valence-electron chi connectivity index (χ2n) is 4.45. The first-order chi connectivity index (χ1) is 9.70. The van der Waals surface area contributed by atoms with E-state index >= 15 is 0 Å². The smallest absolute Gasteiger partial charge is 0.131 e. The van der Waals surface area contributed by atoms with Gasteiger partial charge < -0.3 is 0 Å². The van der Waals surface area contributed by atoms with Crippen molar-refractivity contribution in [3.05, 3.63) is 70.6 Å². The lowest BCUT2D eigenvalue weighted by Crippen LogP contribution is -2.29. The molecule has 1 unspecified atom stereocenters. The molecule has 0 spiro atoms. The van der Waals surface area contributed by atoms with Gasteiger partial charge in [-0.1, -0.05) is 24.3 Å². The summed E-state index contributed by atoms with van der Waals surface area (Å²) in [5, 5.41) is 2.96. The van der Waals surface area contributed by atoms with Crippen molar-refractivity contribution >= 4 is 21.4 Å². The molecule has 0 radical (unpaired) electrons. The SMILES string of the molecule is NNC(c1ccc(F)cc1F)c1csc2ccccc12. The summed E-state index contributed by atoms with van der Waals surface area (Å²) in [6.07, 6.45) is 0. The third-order valence-corrected chi connectivity index (χ3v) is 4.24. The Morgan fingerprint density at radius 3 is 2.60 bits per heavy atom. The molecule has 1 atom stereocenters. The summed E-state index contributed by atoms with van der Waals surface area (Å²) in [5.74, 6) is 4.38. The van der Waals surface area contributed by atoms with Crippen molar-refractivity contribution in [1.29, 1.82) is 0 Å². The Balaban J connectivity index is 2.14. The largest absolute Gasteiger partial charge is 0.271 e. The molecule has 1 heterocycles. The van der Waals surface area contributed by atoms with Gasteiger partial charge in [-0.3, -0.25) is 5.84 Å². The number of hydrogen-bond acceptors (Lipinski definition) is 3. The number of nitrogens with two attached hydrogens (primary N) is 1. The van der Waals surface area contributed by atoms with Crippen molar-refractivity contribution in [2.75, 3.05) is 0 Å². The highest BCUT2D eigenvalue weighted by Crippen LogP contribution is 2.34. The van der Waals surface area contributed by atoms with E-state index in [1.54, 1.807) is 11.3 Å². The van der Waals surface area contributed by atoms with Gasteiger partial charge in [0.25, 0.3) is 0 Å². The Kier molecular flexibility index (Phi) is 3.48. The minimum absolute atomic E-state index is 0.331. The Morgan fingerprint density at radius 2 is 1.85 bits per heavy atom. The molecule has 2 aromatic carbocycles. The molecule has 0 aliphatic heterocycles. The van der Waals surface area contributed by atoms with E-state index in [4.69, 9.17) is 5.84 Å². The summed E-state index contributed by atoms with van der Waals surface area (Å²) in [4.78, 5) is 0. The number of hydrazine groups is 1. The molecule has 0 bridgehead atoms. The first-order valence-electron chi connectivity index (χ1n) is 6.08. The van der Waals surface area contributed by atoms with Crippen LogP contribution >= 0.6 is 11.3 Å². The quantitative estimate of drug-likeness (QED) is 0.570. The van der Waals surface area contributed by atoms with Crippen molar-refractivity contribution in [3.63, 3.8) is 0 Å². The number of fused-ring (bicyclic) bond motifs is 1. The van der Waals surface area contributed by atoms with Gasteiger partial charge in [-0.05, 0) is 28.5 Å². The average molecular weight is 290 g/mol. The maximum absolute atomic E-state index is 13.9. The molecule has 0 saturated heterocycles. The Bertz CT molecular complexity index is 754. The number of thiophene rings is 1. The standard InChI is InChI=1S/C15H12F2N2S/c16-9-5-6-11(13(17)7-9)15(19-18)12-8-20-14-4-2-1-3-10(12)14/h1-8,15,19H,18H2. The highest BCUT2D eigenvalue weighted by molar-refractivity contribution is 7.17. The number of hydrogen-bond donors (Lipinski definition) is 2. The van der Waals surface area contributed by atoms with E-state index in [-0.39, 0.29) is 0 Å². The van der Waals surface area contributed by atoms with Gasteiger partial charge in [-0.15, -0.1) is 11.3 Å². The zero-order chi connectivity index (χ0) is 14.1. The van der Waals surface area contributed by atoms with Gasteiger partial charge in [-0.25, -0.2) is 14.2 Å². The Labute approximate surface area is 118 Å². The van der Waals surface area contributed by atoms with Gasteiger partial charge >= 0.3 is 0 Å². The van der Waals surface area contributed by atoms with E-state index < -0.39 is 17.7 Å². The van der Waals surface area contributed by atoms with E-state index in [1.807, 2.05) is 29.6 Å². The van der Waals surface area contributed by atoms with E-state index in [0.717, 1.165) is 21.7 Å². The maximum Gasteiger partial charge on any atom is 0.131 e. The summed E-state index contributed by atoms with van der Waals surface area (Å²) in [5.41, 5.74) is 3.84. The summed E-state index contributed by atoms with van der Waals surface area (Å²) in [7, 11) is 0. The van der Waals surface area contributed by atoms with Crippen LogP contribution in [0.25, 0.3) is 10.1 Å². The molecule has 102 valence electrons. The molecule has 2 nitrogen and oxygen atoms in total. The summed E-state index contributed by atoms with van der Waals surface area (Å²) in [6.45, 7) is 0. The van der Waals surface area contributed by atoms with Crippen LogP contribution in [0.3, 0.4) is 0 Å². The molecule has 3 N–H and O–H groups in total. The van der Waals surface area contributed by atoms with Crippen molar-refractivity contribution in [1.82, 2.24) is 5.43 Å². The summed E-state index contributed by atoms with van der Waals surface area (Å²) in [6, 6.07) is 10.9. The highest BCUT2D eigenvalue weighted by Gasteiger charge is 2.20. The monoisotopic (exact) mass is 290 g/mol. The lowest BCUT2D eigenvalue weighted by Gasteiger charge is -2.17. The van der Waals surface area contributed by atoms with Gasteiger partial charge in [0.05, 0.1) is 6.04 Å². The van der Waals surface area contributed by atoms with E-state index in [2.05, 4.69) is 5.43 Å². The fraction of sp³-hybridized carbons (Fsp3) is 0.0667. The Hall–Kier alpha value is -1.82. The molecular weight excluding hydrogens is 278 g/mol. The molecule has 3 rings (SSSR count).